The predicted molar refractivity (Wildman–Crippen MR) is 179 cm³/mol. The molecule has 0 spiro atoms. The van der Waals surface area contributed by atoms with Gasteiger partial charge < -0.3 is 25.0 Å². The number of esters is 1. The summed E-state index contributed by atoms with van der Waals surface area (Å²) in [5.41, 5.74) is 1.78. The first kappa shape index (κ1) is 36.6. The number of alkyl carbamates (subject to hydrolysis) is 1. The molecule has 46 heavy (non-hydrogen) atoms. The second kappa shape index (κ2) is 15.1. The Hall–Kier alpha value is -3.88. The van der Waals surface area contributed by atoms with Crippen molar-refractivity contribution >= 4 is 23.9 Å². The average Bonchev–Trinajstić information content (AvgIpc) is 3.75. The number of aryl methyl sites for hydroxylation is 2. The Kier molecular flexibility index (Phi) is 12.0. The number of rotatable bonds is 12. The standard InChI is InChI=1S/C37H53N3O6/c1-23(2)20-29(39-35(44)46-37(8,9)10)33(42)40(27-18-19-27)31(28-21-24(3)16-17-25(28)4)32(41)38-30(34(43)45-36(5,6)7)22-26-14-12-11-13-15-26/h11-17,21,23,27,29-31H,18-20,22H2,1-10H3,(H,38,41)(H,39,44). The maximum absolute atomic E-state index is 14.6. The zero-order chi connectivity index (χ0) is 34.4. The maximum atomic E-state index is 14.6. The van der Waals surface area contributed by atoms with Crippen LogP contribution >= 0.6 is 0 Å². The van der Waals surface area contributed by atoms with Crippen LogP contribution in [-0.2, 0) is 30.3 Å². The van der Waals surface area contributed by atoms with E-state index >= 15 is 0 Å². The Balaban J connectivity index is 2.07. The van der Waals surface area contributed by atoms with Crippen molar-refractivity contribution in [2.24, 2.45) is 5.92 Å². The van der Waals surface area contributed by atoms with Crippen LogP contribution in [0.3, 0.4) is 0 Å². The van der Waals surface area contributed by atoms with Crippen molar-refractivity contribution in [3.63, 3.8) is 0 Å². The minimum absolute atomic E-state index is 0.0698. The predicted octanol–water partition coefficient (Wildman–Crippen LogP) is 6.34. The van der Waals surface area contributed by atoms with Crippen LogP contribution in [0.15, 0.2) is 48.5 Å². The first-order valence-corrected chi connectivity index (χ1v) is 16.3. The average molecular weight is 636 g/mol. The third kappa shape index (κ3) is 11.2. The van der Waals surface area contributed by atoms with Gasteiger partial charge in [0.15, 0.2) is 0 Å². The Labute approximate surface area is 274 Å². The molecule has 1 saturated carbocycles. The van der Waals surface area contributed by atoms with E-state index in [1.54, 1.807) is 46.4 Å². The smallest absolute Gasteiger partial charge is 0.408 e. The summed E-state index contributed by atoms with van der Waals surface area (Å²) in [6, 6.07) is 12.1. The zero-order valence-electron chi connectivity index (χ0n) is 29.2. The highest BCUT2D eigenvalue weighted by Gasteiger charge is 2.45. The second-order valence-electron chi connectivity index (χ2n) is 14.9. The lowest BCUT2D eigenvalue weighted by Crippen LogP contribution is -2.56. The Morgan fingerprint density at radius 2 is 1.46 bits per heavy atom. The number of carbonyl (C=O) groups is 4. The van der Waals surface area contributed by atoms with Gasteiger partial charge >= 0.3 is 12.1 Å². The van der Waals surface area contributed by atoms with E-state index < -0.39 is 47.3 Å². The largest absolute Gasteiger partial charge is 0.458 e. The van der Waals surface area contributed by atoms with Crippen LogP contribution in [-0.4, -0.2) is 58.1 Å². The molecule has 9 heteroatoms. The van der Waals surface area contributed by atoms with Gasteiger partial charge in [-0.05, 0) is 97.3 Å². The van der Waals surface area contributed by atoms with Crippen LogP contribution < -0.4 is 10.6 Å². The number of nitrogens with zero attached hydrogens (tertiary/aromatic N) is 1. The number of nitrogens with one attached hydrogen (secondary N) is 2. The van der Waals surface area contributed by atoms with Crippen LogP contribution in [0.2, 0.25) is 0 Å². The van der Waals surface area contributed by atoms with Gasteiger partial charge in [0.05, 0.1) is 0 Å². The molecule has 2 aromatic carbocycles. The first-order valence-electron chi connectivity index (χ1n) is 16.3. The van der Waals surface area contributed by atoms with Crippen LogP contribution in [0.4, 0.5) is 4.79 Å². The van der Waals surface area contributed by atoms with Crippen molar-refractivity contribution in [1.82, 2.24) is 15.5 Å². The fourth-order valence-corrected chi connectivity index (χ4v) is 5.33. The summed E-state index contributed by atoms with van der Waals surface area (Å²) in [5, 5.41) is 5.78. The summed E-state index contributed by atoms with van der Waals surface area (Å²) in [6.45, 7) is 18.4. The van der Waals surface area contributed by atoms with Crippen molar-refractivity contribution in [2.45, 2.75) is 130 Å². The van der Waals surface area contributed by atoms with Gasteiger partial charge in [0.2, 0.25) is 11.8 Å². The molecule has 0 aromatic heterocycles. The second-order valence-corrected chi connectivity index (χ2v) is 14.9. The fraction of sp³-hybridized carbons (Fsp3) is 0.568. The molecule has 252 valence electrons. The summed E-state index contributed by atoms with van der Waals surface area (Å²) in [7, 11) is 0. The molecule has 0 saturated heterocycles. The number of ether oxygens (including phenoxy) is 2. The molecule has 3 atom stereocenters. The van der Waals surface area contributed by atoms with Crippen LogP contribution in [0.25, 0.3) is 0 Å². The lowest BCUT2D eigenvalue weighted by Gasteiger charge is -2.36. The minimum atomic E-state index is -1.05. The van der Waals surface area contributed by atoms with E-state index in [0.29, 0.717) is 12.0 Å². The summed E-state index contributed by atoms with van der Waals surface area (Å²) in [5.74, 6) is -1.33. The summed E-state index contributed by atoms with van der Waals surface area (Å²) in [4.78, 5) is 57.2. The van der Waals surface area contributed by atoms with E-state index in [-0.39, 0.29) is 24.3 Å². The van der Waals surface area contributed by atoms with Gasteiger partial charge in [0.25, 0.3) is 0 Å². The molecule has 3 unspecified atom stereocenters. The van der Waals surface area contributed by atoms with Gasteiger partial charge in [-0.1, -0.05) is 67.9 Å². The minimum Gasteiger partial charge on any atom is -0.458 e. The summed E-state index contributed by atoms with van der Waals surface area (Å²) < 4.78 is 11.2. The third-order valence-corrected chi connectivity index (χ3v) is 7.44. The lowest BCUT2D eigenvalue weighted by molar-refractivity contribution is -0.159. The fourth-order valence-electron chi connectivity index (χ4n) is 5.33. The van der Waals surface area contributed by atoms with Crippen LogP contribution in [0.5, 0.6) is 0 Å². The monoisotopic (exact) mass is 635 g/mol. The van der Waals surface area contributed by atoms with Gasteiger partial charge in [-0.25, -0.2) is 9.59 Å². The number of hydrogen-bond acceptors (Lipinski definition) is 6. The van der Waals surface area contributed by atoms with Crippen molar-refractivity contribution in [3.05, 3.63) is 70.8 Å². The van der Waals surface area contributed by atoms with E-state index in [9.17, 15) is 19.2 Å². The first-order chi connectivity index (χ1) is 21.3. The maximum Gasteiger partial charge on any atom is 0.408 e. The third-order valence-electron chi connectivity index (χ3n) is 7.44. The molecular weight excluding hydrogens is 582 g/mol. The van der Waals surface area contributed by atoms with E-state index in [0.717, 1.165) is 29.5 Å². The quantitative estimate of drug-likeness (QED) is 0.263. The van der Waals surface area contributed by atoms with E-state index in [1.807, 2.05) is 76.2 Å². The highest BCUT2D eigenvalue weighted by atomic mass is 16.6. The Bertz CT molecular complexity index is 1370. The molecule has 3 rings (SSSR count). The van der Waals surface area contributed by atoms with Gasteiger partial charge in [-0.2, -0.15) is 0 Å². The van der Waals surface area contributed by atoms with Crippen molar-refractivity contribution in [1.29, 1.82) is 0 Å². The molecule has 1 fully saturated rings. The molecule has 2 N–H and O–H groups in total. The van der Waals surface area contributed by atoms with E-state index in [2.05, 4.69) is 10.6 Å². The Morgan fingerprint density at radius 1 is 0.848 bits per heavy atom. The summed E-state index contributed by atoms with van der Waals surface area (Å²) in [6.07, 6.45) is 1.33. The normalized spacial score (nSPS) is 15.4. The highest BCUT2D eigenvalue weighted by molar-refractivity contribution is 5.94. The Morgan fingerprint density at radius 3 is 2.00 bits per heavy atom. The molecule has 3 amide bonds. The van der Waals surface area contributed by atoms with E-state index in [4.69, 9.17) is 9.47 Å². The molecule has 0 radical (unpaired) electrons. The van der Waals surface area contributed by atoms with Gasteiger partial charge in [-0.15, -0.1) is 0 Å². The molecule has 0 heterocycles. The number of carbonyl (C=O) groups excluding carboxylic acids is 4. The van der Waals surface area contributed by atoms with Gasteiger partial charge in [0.1, 0.15) is 29.3 Å². The lowest BCUT2D eigenvalue weighted by atomic mass is 9.94. The van der Waals surface area contributed by atoms with Crippen molar-refractivity contribution in [2.75, 3.05) is 0 Å². The zero-order valence-corrected chi connectivity index (χ0v) is 29.2. The molecule has 2 aromatic rings. The molecule has 9 nitrogen and oxygen atoms in total. The van der Waals surface area contributed by atoms with Crippen LogP contribution in [0, 0.1) is 19.8 Å². The highest BCUT2D eigenvalue weighted by Crippen LogP contribution is 2.37. The molecular formula is C37H53N3O6. The van der Waals surface area contributed by atoms with Gasteiger partial charge in [0, 0.05) is 12.5 Å². The topological polar surface area (TPSA) is 114 Å². The van der Waals surface area contributed by atoms with Crippen LogP contribution in [0.1, 0.15) is 103 Å². The van der Waals surface area contributed by atoms with E-state index in [1.165, 1.54) is 0 Å². The number of amides is 3. The summed E-state index contributed by atoms with van der Waals surface area (Å²) >= 11 is 0. The molecule has 0 bridgehead atoms. The molecule has 1 aliphatic carbocycles. The SMILES string of the molecule is Cc1ccc(C)c(C(C(=O)NC(Cc2ccccc2)C(=O)OC(C)(C)C)N(C(=O)C(CC(C)C)NC(=O)OC(C)(C)C)C2CC2)c1. The molecule has 1 aliphatic rings. The van der Waals surface area contributed by atoms with Gasteiger partial charge in [-0.3, -0.25) is 9.59 Å². The number of hydrogen-bond donors (Lipinski definition) is 2. The number of benzene rings is 2. The molecule has 0 aliphatic heterocycles. The van der Waals surface area contributed by atoms with Crippen molar-refractivity contribution in [3.8, 4) is 0 Å². The van der Waals surface area contributed by atoms with Crippen molar-refractivity contribution < 1.29 is 28.7 Å².